The number of likely N-dealkylation sites (tertiary alicyclic amines) is 1. The van der Waals surface area contributed by atoms with Gasteiger partial charge in [0.25, 0.3) is 0 Å². The Bertz CT molecular complexity index is 161. The summed E-state index contributed by atoms with van der Waals surface area (Å²) in [6.07, 6.45) is 2.42. The van der Waals surface area contributed by atoms with Crippen molar-refractivity contribution in [2.75, 3.05) is 39.5 Å². The van der Waals surface area contributed by atoms with E-state index in [0.717, 1.165) is 32.9 Å². The highest BCUT2D eigenvalue weighted by atomic mass is 16.6. The maximum absolute atomic E-state index is 5.87. The second-order valence-corrected chi connectivity index (χ2v) is 4.06. The monoisotopic (exact) mass is 185 g/mol. The van der Waals surface area contributed by atoms with E-state index >= 15 is 0 Å². The van der Waals surface area contributed by atoms with Gasteiger partial charge < -0.3 is 14.4 Å². The van der Waals surface area contributed by atoms with Crippen molar-refractivity contribution >= 4 is 0 Å². The molecule has 0 aromatic carbocycles. The van der Waals surface area contributed by atoms with Crippen molar-refractivity contribution in [3.63, 3.8) is 0 Å². The number of nitrogens with zero attached hydrogens (tertiary/aromatic N) is 1. The minimum Gasteiger partial charge on any atom is -0.376 e. The topological polar surface area (TPSA) is 21.7 Å². The lowest BCUT2D eigenvalue weighted by Gasteiger charge is -2.44. The van der Waals surface area contributed by atoms with Gasteiger partial charge in [0.1, 0.15) is 5.60 Å². The standard InChI is InChI=1S/C10H19NO2/c1-2-11-5-3-4-10(8-11)9-12-6-7-13-10/h2-9H2,1H3. The lowest BCUT2D eigenvalue weighted by molar-refractivity contribution is -0.179. The van der Waals surface area contributed by atoms with E-state index < -0.39 is 0 Å². The minimum absolute atomic E-state index is 0.0342. The third-order valence-electron chi connectivity index (χ3n) is 3.07. The molecular formula is C10H19NO2. The van der Waals surface area contributed by atoms with Crippen LogP contribution in [0.5, 0.6) is 0 Å². The molecule has 0 aromatic rings. The van der Waals surface area contributed by atoms with Crippen LogP contribution in [0.1, 0.15) is 19.8 Å². The van der Waals surface area contributed by atoms with Gasteiger partial charge in [-0.3, -0.25) is 0 Å². The molecule has 0 amide bonds. The summed E-state index contributed by atoms with van der Waals surface area (Å²) >= 11 is 0. The van der Waals surface area contributed by atoms with Gasteiger partial charge in [-0.15, -0.1) is 0 Å². The molecule has 0 radical (unpaired) electrons. The molecule has 1 spiro atoms. The van der Waals surface area contributed by atoms with E-state index in [1.54, 1.807) is 0 Å². The van der Waals surface area contributed by atoms with Crippen molar-refractivity contribution in [1.82, 2.24) is 4.90 Å². The lowest BCUT2D eigenvalue weighted by atomic mass is 9.93. The molecule has 0 bridgehead atoms. The number of hydrogen-bond acceptors (Lipinski definition) is 3. The molecule has 2 heterocycles. The van der Waals surface area contributed by atoms with Gasteiger partial charge >= 0.3 is 0 Å². The van der Waals surface area contributed by atoms with Gasteiger partial charge in [0.15, 0.2) is 0 Å². The van der Waals surface area contributed by atoms with Gasteiger partial charge in [-0.2, -0.15) is 0 Å². The molecule has 2 saturated heterocycles. The number of ether oxygens (including phenoxy) is 2. The van der Waals surface area contributed by atoms with Crippen LogP contribution in [-0.2, 0) is 9.47 Å². The molecule has 2 aliphatic heterocycles. The van der Waals surface area contributed by atoms with E-state index in [0.29, 0.717) is 0 Å². The van der Waals surface area contributed by atoms with Gasteiger partial charge in [-0.1, -0.05) is 6.92 Å². The highest BCUT2D eigenvalue weighted by Gasteiger charge is 2.37. The second-order valence-electron chi connectivity index (χ2n) is 4.06. The van der Waals surface area contributed by atoms with Crippen molar-refractivity contribution < 1.29 is 9.47 Å². The Morgan fingerprint density at radius 1 is 1.38 bits per heavy atom. The van der Waals surface area contributed by atoms with E-state index in [1.165, 1.54) is 19.4 Å². The molecule has 0 N–H and O–H groups in total. The molecule has 3 heteroatoms. The van der Waals surface area contributed by atoms with Crippen LogP contribution in [-0.4, -0.2) is 50.0 Å². The van der Waals surface area contributed by atoms with Crippen LogP contribution in [0.3, 0.4) is 0 Å². The van der Waals surface area contributed by atoms with Crippen molar-refractivity contribution in [1.29, 1.82) is 0 Å². The van der Waals surface area contributed by atoms with Gasteiger partial charge in [0.05, 0.1) is 19.8 Å². The summed E-state index contributed by atoms with van der Waals surface area (Å²) in [6, 6.07) is 0. The smallest absolute Gasteiger partial charge is 0.104 e. The maximum atomic E-state index is 5.87. The summed E-state index contributed by atoms with van der Waals surface area (Å²) in [5.74, 6) is 0. The van der Waals surface area contributed by atoms with Crippen LogP contribution in [0, 0.1) is 0 Å². The van der Waals surface area contributed by atoms with E-state index in [4.69, 9.17) is 9.47 Å². The van der Waals surface area contributed by atoms with Crippen LogP contribution in [0.15, 0.2) is 0 Å². The Kier molecular flexibility index (Phi) is 2.86. The molecule has 2 fully saturated rings. The van der Waals surface area contributed by atoms with Gasteiger partial charge in [0.2, 0.25) is 0 Å². The van der Waals surface area contributed by atoms with Gasteiger partial charge in [-0.05, 0) is 25.9 Å². The fourth-order valence-electron chi connectivity index (χ4n) is 2.31. The Morgan fingerprint density at radius 3 is 3.00 bits per heavy atom. The zero-order valence-electron chi connectivity index (χ0n) is 8.42. The van der Waals surface area contributed by atoms with Crippen LogP contribution >= 0.6 is 0 Å². The van der Waals surface area contributed by atoms with E-state index in [2.05, 4.69) is 11.8 Å². The molecule has 13 heavy (non-hydrogen) atoms. The fourth-order valence-corrected chi connectivity index (χ4v) is 2.31. The fraction of sp³-hybridized carbons (Fsp3) is 1.00. The van der Waals surface area contributed by atoms with Crippen molar-refractivity contribution in [3.8, 4) is 0 Å². The maximum Gasteiger partial charge on any atom is 0.104 e. The van der Waals surface area contributed by atoms with Crippen LogP contribution in [0.25, 0.3) is 0 Å². The third kappa shape index (κ3) is 2.03. The zero-order valence-corrected chi connectivity index (χ0v) is 8.42. The van der Waals surface area contributed by atoms with E-state index in [9.17, 15) is 0 Å². The van der Waals surface area contributed by atoms with E-state index in [-0.39, 0.29) is 5.60 Å². The normalized spacial score (nSPS) is 36.7. The zero-order chi connectivity index (χ0) is 9.15. The first-order valence-corrected chi connectivity index (χ1v) is 5.29. The second kappa shape index (κ2) is 3.95. The molecular weight excluding hydrogens is 166 g/mol. The summed E-state index contributed by atoms with van der Waals surface area (Å²) in [5.41, 5.74) is 0.0342. The molecule has 3 nitrogen and oxygen atoms in total. The van der Waals surface area contributed by atoms with Crippen LogP contribution in [0.4, 0.5) is 0 Å². The first-order chi connectivity index (χ1) is 6.35. The predicted molar refractivity (Wildman–Crippen MR) is 50.9 cm³/mol. The highest BCUT2D eigenvalue weighted by Crippen LogP contribution is 2.27. The number of piperidine rings is 1. The Balaban J connectivity index is 1.95. The highest BCUT2D eigenvalue weighted by molar-refractivity contribution is 4.90. The third-order valence-corrected chi connectivity index (χ3v) is 3.07. The number of likely N-dealkylation sites (N-methyl/N-ethyl adjacent to an activating group) is 1. The summed E-state index contributed by atoms with van der Waals surface area (Å²) in [5, 5.41) is 0. The van der Waals surface area contributed by atoms with E-state index in [1.807, 2.05) is 0 Å². The molecule has 2 aliphatic rings. The Hall–Kier alpha value is -0.120. The molecule has 0 aliphatic carbocycles. The molecule has 0 aromatic heterocycles. The first-order valence-electron chi connectivity index (χ1n) is 5.29. The first kappa shape index (κ1) is 9.44. The summed E-state index contributed by atoms with van der Waals surface area (Å²) < 4.78 is 11.4. The average molecular weight is 185 g/mol. The van der Waals surface area contributed by atoms with Crippen molar-refractivity contribution in [2.45, 2.75) is 25.4 Å². The molecule has 1 atom stereocenters. The predicted octanol–water partition coefficient (Wildman–Crippen LogP) is 0.888. The average Bonchev–Trinajstić information content (AvgIpc) is 2.19. The molecule has 0 saturated carbocycles. The summed E-state index contributed by atoms with van der Waals surface area (Å²) in [7, 11) is 0. The van der Waals surface area contributed by atoms with Gasteiger partial charge in [-0.25, -0.2) is 0 Å². The molecule has 76 valence electrons. The number of hydrogen-bond donors (Lipinski definition) is 0. The Labute approximate surface area is 80.0 Å². The molecule has 1 unspecified atom stereocenters. The summed E-state index contributed by atoms with van der Waals surface area (Å²) in [4.78, 5) is 2.46. The van der Waals surface area contributed by atoms with Crippen molar-refractivity contribution in [3.05, 3.63) is 0 Å². The van der Waals surface area contributed by atoms with Gasteiger partial charge in [0, 0.05) is 6.54 Å². The lowest BCUT2D eigenvalue weighted by Crippen LogP contribution is -2.55. The quantitative estimate of drug-likeness (QED) is 0.605. The van der Waals surface area contributed by atoms with Crippen LogP contribution in [0.2, 0.25) is 0 Å². The Morgan fingerprint density at radius 2 is 2.31 bits per heavy atom. The SMILES string of the molecule is CCN1CCCC2(COCCO2)C1. The molecule has 2 rings (SSSR count). The van der Waals surface area contributed by atoms with Crippen molar-refractivity contribution in [2.24, 2.45) is 0 Å². The summed E-state index contributed by atoms with van der Waals surface area (Å²) in [6.45, 7) is 7.97. The van der Waals surface area contributed by atoms with Crippen LogP contribution < -0.4 is 0 Å². The number of rotatable bonds is 1. The minimum atomic E-state index is 0.0342. The largest absolute Gasteiger partial charge is 0.376 e.